The Morgan fingerprint density at radius 2 is 1.96 bits per heavy atom. The molecule has 24 heavy (non-hydrogen) atoms. The summed E-state index contributed by atoms with van der Waals surface area (Å²) in [5, 5.41) is 0. The summed E-state index contributed by atoms with van der Waals surface area (Å²) in [6.07, 6.45) is -5.14. The van der Waals surface area contributed by atoms with Crippen molar-refractivity contribution in [3.63, 3.8) is 0 Å². The van der Waals surface area contributed by atoms with Gasteiger partial charge in [-0.25, -0.2) is 0 Å². The van der Waals surface area contributed by atoms with Gasteiger partial charge in [-0.05, 0) is 31.2 Å². The van der Waals surface area contributed by atoms with Gasteiger partial charge in [0, 0.05) is 17.1 Å². The lowest BCUT2D eigenvalue weighted by Gasteiger charge is -2.38. The van der Waals surface area contributed by atoms with Gasteiger partial charge in [-0.3, -0.25) is 4.90 Å². The van der Waals surface area contributed by atoms with Crippen LogP contribution < -0.4 is 4.90 Å². The molecule has 0 aromatic heterocycles. The Kier molecular flexibility index (Phi) is 3.74. The monoisotopic (exact) mass is 353 g/mol. The van der Waals surface area contributed by atoms with Gasteiger partial charge in [-0.1, -0.05) is 30.0 Å². The molecule has 126 valence electrons. The summed E-state index contributed by atoms with van der Waals surface area (Å²) in [5.74, 6) is 0. The van der Waals surface area contributed by atoms with E-state index in [9.17, 15) is 13.2 Å². The van der Waals surface area contributed by atoms with Gasteiger partial charge >= 0.3 is 6.18 Å². The summed E-state index contributed by atoms with van der Waals surface area (Å²) < 4.78 is 51.1. The first-order valence-electron chi connectivity index (χ1n) is 7.52. The summed E-state index contributed by atoms with van der Waals surface area (Å²) >= 11 is 1.40. The summed E-state index contributed by atoms with van der Waals surface area (Å²) in [4.78, 5) is 2.45. The fourth-order valence-corrected chi connectivity index (χ4v) is 4.08. The Morgan fingerprint density at radius 1 is 1.17 bits per heavy atom. The van der Waals surface area contributed by atoms with E-state index in [2.05, 4.69) is 0 Å². The molecule has 0 saturated carbocycles. The van der Waals surface area contributed by atoms with Crippen LogP contribution in [0.3, 0.4) is 0 Å². The Hall–Kier alpha value is -1.70. The van der Waals surface area contributed by atoms with Gasteiger partial charge in [0.15, 0.2) is 0 Å². The van der Waals surface area contributed by atoms with E-state index in [-0.39, 0.29) is 5.44 Å². The van der Waals surface area contributed by atoms with Gasteiger partial charge in [0.05, 0.1) is 16.9 Å². The number of para-hydroxylation sites is 1. The number of rotatable bonds is 2. The number of benzene rings is 2. The molecular weight excluding hydrogens is 339 g/mol. The van der Waals surface area contributed by atoms with Crippen LogP contribution in [0.5, 0.6) is 0 Å². The van der Waals surface area contributed by atoms with Crippen LogP contribution in [0.25, 0.3) is 0 Å². The van der Waals surface area contributed by atoms with Crippen molar-refractivity contribution in [2.24, 2.45) is 0 Å². The largest absolute Gasteiger partial charge is 0.416 e. The summed E-state index contributed by atoms with van der Waals surface area (Å²) in [7, 11) is 0. The van der Waals surface area contributed by atoms with Crippen LogP contribution >= 0.6 is 11.8 Å². The third kappa shape index (κ3) is 2.47. The Labute approximate surface area is 141 Å². The second-order valence-electron chi connectivity index (χ2n) is 5.46. The molecule has 3 aliphatic rings. The van der Waals surface area contributed by atoms with Crippen LogP contribution in [0.2, 0.25) is 0 Å². The molecule has 0 fully saturated rings. The van der Waals surface area contributed by atoms with Crippen LogP contribution in [0.15, 0.2) is 47.4 Å². The second-order valence-corrected chi connectivity index (χ2v) is 6.56. The highest BCUT2D eigenvalue weighted by Gasteiger charge is 2.41. The quantitative estimate of drug-likeness (QED) is 0.730. The van der Waals surface area contributed by atoms with E-state index < -0.39 is 18.2 Å². The number of halogens is 3. The average Bonchev–Trinajstić information content (AvgIpc) is 2.78. The van der Waals surface area contributed by atoms with Crippen molar-refractivity contribution in [3.05, 3.63) is 53.6 Å². The Morgan fingerprint density at radius 3 is 2.71 bits per heavy atom. The van der Waals surface area contributed by atoms with Gasteiger partial charge in [-0.2, -0.15) is 13.2 Å². The number of fused-ring (bicyclic) bond motifs is 1. The van der Waals surface area contributed by atoms with E-state index in [1.807, 2.05) is 31.2 Å². The van der Waals surface area contributed by atoms with Crippen LogP contribution in [-0.4, -0.2) is 13.0 Å². The first-order chi connectivity index (χ1) is 11.5. The maximum atomic E-state index is 13.2. The number of nitrogens with zero attached hydrogens (tertiary/aromatic N) is 1. The second kappa shape index (κ2) is 5.68. The standard InChI is InChI=1S/C17H14F3NO2S/c1-2-22-16-21-12-6-4-3-5-11(12)15(23-16)24-14-8-7-10(9-13(14)21)17(18,19)20/h3-9,15-16H,2H2,1H3. The Balaban J connectivity index is 1.91. The molecule has 0 radical (unpaired) electrons. The van der Waals surface area contributed by atoms with Gasteiger partial charge in [0.2, 0.25) is 6.41 Å². The molecule has 3 nitrogen and oxygen atoms in total. The minimum atomic E-state index is -4.40. The van der Waals surface area contributed by atoms with E-state index in [4.69, 9.17) is 9.47 Å². The molecule has 2 aromatic rings. The highest BCUT2D eigenvalue weighted by atomic mass is 32.2. The van der Waals surface area contributed by atoms with Gasteiger partial charge in [0.25, 0.3) is 0 Å². The first-order valence-corrected chi connectivity index (χ1v) is 8.40. The van der Waals surface area contributed by atoms with E-state index >= 15 is 0 Å². The maximum absolute atomic E-state index is 13.2. The summed E-state index contributed by atoms with van der Waals surface area (Å²) in [6, 6.07) is 11.4. The van der Waals surface area contributed by atoms with Crippen molar-refractivity contribution in [2.45, 2.75) is 29.8 Å². The highest BCUT2D eigenvalue weighted by molar-refractivity contribution is 7.99. The number of anilines is 2. The predicted molar refractivity (Wildman–Crippen MR) is 85.1 cm³/mol. The number of alkyl halides is 3. The highest BCUT2D eigenvalue weighted by Crippen LogP contribution is 2.55. The van der Waals surface area contributed by atoms with Crippen molar-refractivity contribution in [1.82, 2.24) is 0 Å². The van der Waals surface area contributed by atoms with Gasteiger partial charge < -0.3 is 9.47 Å². The van der Waals surface area contributed by atoms with Crippen molar-refractivity contribution < 1.29 is 22.6 Å². The smallest absolute Gasteiger partial charge is 0.335 e. The lowest BCUT2D eigenvalue weighted by Crippen LogP contribution is -2.39. The molecule has 3 heterocycles. The van der Waals surface area contributed by atoms with Crippen molar-refractivity contribution in [3.8, 4) is 0 Å². The van der Waals surface area contributed by atoms with E-state index in [0.29, 0.717) is 12.3 Å². The molecule has 0 spiro atoms. The molecule has 0 N–H and O–H groups in total. The molecule has 0 amide bonds. The minimum absolute atomic E-state index is 0.313. The van der Waals surface area contributed by atoms with Crippen LogP contribution in [0.4, 0.5) is 24.5 Å². The van der Waals surface area contributed by atoms with E-state index in [1.54, 1.807) is 4.90 Å². The maximum Gasteiger partial charge on any atom is 0.416 e. The van der Waals surface area contributed by atoms with Gasteiger partial charge in [0.1, 0.15) is 5.44 Å². The molecule has 2 atom stereocenters. The van der Waals surface area contributed by atoms with E-state index in [1.165, 1.54) is 23.9 Å². The summed E-state index contributed by atoms with van der Waals surface area (Å²) in [6.45, 7) is 2.23. The molecule has 5 rings (SSSR count). The molecule has 3 aliphatic heterocycles. The minimum Gasteiger partial charge on any atom is -0.335 e. The fourth-order valence-electron chi connectivity index (χ4n) is 2.95. The number of ether oxygens (including phenoxy) is 2. The van der Waals surface area contributed by atoms with Crippen LogP contribution in [0, 0.1) is 0 Å². The van der Waals surface area contributed by atoms with Crippen molar-refractivity contribution >= 4 is 23.1 Å². The molecule has 2 unspecified atom stereocenters. The molecule has 0 saturated heterocycles. The SMILES string of the molecule is CCOC1OC2Sc3ccc(C(F)(F)F)cc3N1c1ccccc12. The zero-order valence-electron chi connectivity index (χ0n) is 12.7. The zero-order chi connectivity index (χ0) is 16.9. The number of hydrogen-bond donors (Lipinski definition) is 0. The average molecular weight is 353 g/mol. The van der Waals surface area contributed by atoms with Crippen molar-refractivity contribution in [2.75, 3.05) is 11.5 Å². The zero-order valence-corrected chi connectivity index (χ0v) is 13.5. The first kappa shape index (κ1) is 15.8. The molecule has 2 aromatic carbocycles. The molecule has 0 aliphatic carbocycles. The number of hydrogen-bond acceptors (Lipinski definition) is 4. The summed E-state index contributed by atoms with van der Waals surface area (Å²) in [5.41, 5.74) is 1.22. The molecule has 2 bridgehead atoms. The number of thioether (sulfide) groups is 1. The van der Waals surface area contributed by atoms with Crippen LogP contribution in [-0.2, 0) is 15.7 Å². The third-order valence-corrected chi connectivity index (χ3v) is 5.17. The predicted octanol–water partition coefficient (Wildman–Crippen LogP) is 5.30. The van der Waals surface area contributed by atoms with Crippen LogP contribution in [0.1, 0.15) is 23.5 Å². The fraction of sp³-hybridized carbons (Fsp3) is 0.294. The molecule has 7 heteroatoms. The molecular formula is C17H14F3NO2S. The normalized spacial score (nSPS) is 22.1. The van der Waals surface area contributed by atoms with Gasteiger partial charge in [-0.15, -0.1) is 0 Å². The Bertz CT molecular complexity index is 781. The van der Waals surface area contributed by atoms with E-state index in [0.717, 1.165) is 22.2 Å². The lowest BCUT2D eigenvalue weighted by molar-refractivity contribution is -0.148. The third-order valence-electron chi connectivity index (χ3n) is 3.99. The topological polar surface area (TPSA) is 21.7 Å². The lowest BCUT2D eigenvalue weighted by atomic mass is 10.1. The van der Waals surface area contributed by atoms with Crippen molar-refractivity contribution in [1.29, 1.82) is 0 Å².